The molecule has 15 heavy (non-hydrogen) atoms. The number of rotatable bonds is 2. The van der Waals surface area contributed by atoms with E-state index in [0.717, 1.165) is 12.2 Å². The molecule has 0 bridgehead atoms. The second kappa shape index (κ2) is 3.72. The van der Waals surface area contributed by atoms with Gasteiger partial charge < -0.3 is 4.90 Å². The van der Waals surface area contributed by atoms with E-state index in [1.54, 1.807) is 15.8 Å². The van der Waals surface area contributed by atoms with Gasteiger partial charge in [0.2, 0.25) is 11.8 Å². The second-order valence-corrected chi connectivity index (χ2v) is 3.38. The summed E-state index contributed by atoms with van der Waals surface area (Å²) in [5, 5.41) is 6.34. The summed E-state index contributed by atoms with van der Waals surface area (Å²) >= 11 is 0. The lowest BCUT2D eigenvalue weighted by Crippen LogP contribution is -2.51. The van der Waals surface area contributed by atoms with Gasteiger partial charge in [0, 0.05) is 12.7 Å². The van der Waals surface area contributed by atoms with Gasteiger partial charge in [-0.1, -0.05) is 0 Å². The van der Waals surface area contributed by atoms with Crippen molar-refractivity contribution in [2.75, 3.05) is 18.0 Å². The Morgan fingerprint density at radius 2 is 2.07 bits per heavy atom. The van der Waals surface area contributed by atoms with Crippen molar-refractivity contribution in [1.82, 2.24) is 15.1 Å². The first-order valence-electron chi connectivity index (χ1n) is 4.79. The zero-order valence-electron chi connectivity index (χ0n) is 8.43. The summed E-state index contributed by atoms with van der Waals surface area (Å²) in [5.74, 6) is -0.536. The predicted octanol–water partition coefficient (Wildman–Crippen LogP) is -0.634. The van der Waals surface area contributed by atoms with Crippen LogP contribution in [0.15, 0.2) is 12.4 Å². The third-order valence-electron chi connectivity index (χ3n) is 2.26. The van der Waals surface area contributed by atoms with Crippen LogP contribution in [0.5, 0.6) is 0 Å². The fourth-order valence-electron chi connectivity index (χ4n) is 1.51. The first-order chi connectivity index (χ1) is 7.19. The van der Waals surface area contributed by atoms with Crippen molar-refractivity contribution in [2.45, 2.75) is 13.5 Å². The van der Waals surface area contributed by atoms with Crippen LogP contribution in [0, 0.1) is 0 Å². The number of hydrogen-bond acceptors (Lipinski definition) is 4. The number of carbonyl (C=O) groups is 2. The lowest BCUT2D eigenvalue weighted by molar-refractivity contribution is -0.130. The van der Waals surface area contributed by atoms with Crippen LogP contribution in [-0.2, 0) is 16.1 Å². The molecule has 0 spiro atoms. The van der Waals surface area contributed by atoms with Gasteiger partial charge in [0.15, 0.2) is 0 Å². The van der Waals surface area contributed by atoms with E-state index >= 15 is 0 Å². The van der Waals surface area contributed by atoms with Crippen molar-refractivity contribution in [3.63, 3.8) is 0 Å². The van der Waals surface area contributed by atoms with Crippen LogP contribution in [0.2, 0.25) is 0 Å². The van der Waals surface area contributed by atoms with E-state index in [9.17, 15) is 9.59 Å². The molecule has 2 heterocycles. The zero-order chi connectivity index (χ0) is 10.8. The Morgan fingerprint density at radius 1 is 1.40 bits per heavy atom. The highest BCUT2D eigenvalue weighted by molar-refractivity contribution is 6.02. The van der Waals surface area contributed by atoms with Gasteiger partial charge in [-0.15, -0.1) is 0 Å². The Balaban J connectivity index is 2.15. The molecular weight excluding hydrogens is 196 g/mol. The van der Waals surface area contributed by atoms with Crippen LogP contribution in [0.25, 0.3) is 0 Å². The second-order valence-electron chi connectivity index (χ2n) is 3.38. The average molecular weight is 208 g/mol. The summed E-state index contributed by atoms with van der Waals surface area (Å²) < 4.78 is 1.76. The molecule has 0 unspecified atom stereocenters. The molecule has 6 nitrogen and oxygen atoms in total. The normalized spacial score (nSPS) is 16.7. The molecule has 0 radical (unpaired) electrons. The van der Waals surface area contributed by atoms with Gasteiger partial charge in [-0.05, 0) is 6.92 Å². The highest BCUT2D eigenvalue weighted by Gasteiger charge is 2.23. The average Bonchev–Trinajstić information content (AvgIpc) is 2.64. The van der Waals surface area contributed by atoms with E-state index in [1.165, 1.54) is 0 Å². The molecule has 1 N–H and O–H groups in total. The van der Waals surface area contributed by atoms with E-state index in [1.807, 2.05) is 13.1 Å². The first kappa shape index (κ1) is 9.70. The van der Waals surface area contributed by atoms with Crippen molar-refractivity contribution in [1.29, 1.82) is 0 Å². The largest absolute Gasteiger partial charge is 0.350 e. The minimum Gasteiger partial charge on any atom is -0.350 e. The summed E-state index contributed by atoms with van der Waals surface area (Å²) in [7, 11) is 0. The van der Waals surface area contributed by atoms with Crippen molar-refractivity contribution >= 4 is 17.5 Å². The van der Waals surface area contributed by atoms with Crippen LogP contribution in [-0.4, -0.2) is 34.7 Å². The Hall–Kier alpha value is -1.85. The maximum Gasteiger partial charge on any atom is 0.246 e. The number of hydrogen-bond donors (Lipinski definition) is 1. The van der Waals surface area contributed by atoms with E-state index in [-0.39, 0.29) is 24.9 Å². The summed E-state index contributed by atoms with van der Waals surface area (Å²) in [5.41, 5.74) is 0.806. The molecule has 1 fully saturated rings. The number of nitrogens with zero attached hydrogens (tertiary/aromatic N) is 3. The SMILES string of the molecule is CCn1cc(N2CC(=O)NC(=O)C2)cn1. The molecule has 80 valence electrons. The standard InChI is InChI=1S/C9H12N4O2/c1-2-13-4-7(3-10-13)12-5-8(14)11-9(15)6-12/h3-4H,2,5-6H2,1H3,(H,11,14,15). The van der Waals surface area contributed by atoms with Crippen LogP contribution in [0.1, 0.15) is 6.92 Å². The minimum atomic E-state index is -0.268. The number of piperazine rings is 1. The highest BCUT2D eigenvalue weighted by atomic mass is 16.2. The van der Waals surface area contributed by atoms with Crippen LogP contribution in [0.3, 0.4) is 0 Å². The van der Waals surface area contributed by atoms with Gasteiger partial charge in [0.05, 0.1) is 25.0 Å². The van der Waals surface area contributed by atoms with Gasteiger partial charge in [0.1, 0.15) is 0 Å². The summed E-state index contributed by atoms with van der Waals surface area (Å²) in [6, 6.07) is 0. The lowest BCUT2D eigenvalue weighted by atomic mass is 10.3. The third kappa shape index (κ3) is 1.98. The van der Waals surface area contributed by atoms with Crippen LogP contribution in [0.4, 0.5) is 5.69 Å². The third-order valence-corrected chi connectivity index (χ3v) is 2.26. The fraction of sp³-hybridized carbons (Fsp3) is 0.444. The number of imide groups is 1. The highest BCUT2D eigenvalue weighted by Crippen LogP contribution is 2.13. The Kier molecular flexibility index (Phi) is 2.40. The number of aryl methyl sites for hydroxylation is 1. The maximum absolute atomic E-state index is 11.1. The van der Waals surface area contributed by atoms with Gasteiger partial charge in [-0.2, -0.15) is 5.10 Å². The number of amides is 2. The topological polar surface area (TPSA) is 67.2 Å². The molecular formula is C9H12N4O2. The summed E-state index contributed by atoms with van der Waals surface area (Å²) in [4.78, 5) is 24.0. The lowest BCUT2D eigenvalue weighted by Gasteiger charge is -2.25. The van der Waals surface area contributed by atoms with E-state index in [0.29, 0.717) is 0 Å². The molecule has 0 atom stereocenters. The predicted molar refractivity (Wildman–Crippen MR) is 53.3 cm³/mol. The van der Waals surface area contributed by atoms with Gasteiger partial charge in [-0.3, -0.25) is 19.6 Å². The monoisotopic (exact) mass is 208 g/mol. The molecule has 1 aromatic heterocycles. The van der Waals surface area contributed by atoms with E-state index in [2.05, 4.69) is 10.4 Å². The van der Waals surface area contributed by atoms with E-state index < -0.39 is 0 Å². The minimum absolute atomic E-state index is 0.209. The smallest absolute Gasteiger partial charge is 0.246 e. The van der Waals surface area contributed by atoms with Gasteiger partial charge >= 0.3 is 0 Å². The number of nitrogens with one attached hydrogen (secondary N) is 1. The Morgan fingerprint density at radius 3 is 2.60 bits per heavy atom. The molecule has 0 saturated carbocycles. The Bertz CT molecular complexity index is 383. The molecule has 1 aromatic rings. The van der Waals surface area contributed by atoms with Gasteiger partial charge in [0.25, 0.3) is 0 Å². The fourth-order valence-corrected chi connectivity index (χ4v) is 1.51. The van der Waals surface area contributed by atoms with Crippen molar-refractivity contribution < 1.29 is 9.59 Å². The molecule has 1 saturated heterocycles. The maximum atomic E-state index is 11.1. The van der Waals surface area contributed by atoms with Crippen molar-refractivity contribution in [3.05, 3.63) is 12.4 Å². The zero-order valence-corrected chi connectivity index (χ0v) is 8.43. The molecule has 1 aliphatic rings. The molecule has 6 heteroatoms. The molecule has 2 amide bonds. The van der Waals surface area contributed by atoms with Crippen molar-refractivity contribution in [2.24, 2.45) is 0 Å². The van der Waals surface area contributed by atoms with Crippen LogP contribution < -0.4 is 10.2 Å². The van der Waals surface area contributed by atoms with Gasteiger partial charge in [-0.25, -0.2) is 0 Å². The quantitative estimate of drug-likeness (QED) is 0.657. The number of aromatic nitrogens is 2. The number of anilines is 1. The van der Waals surface area contributed by atoms with Crippen LogP contribution >= 0.6 is 0 Å². The number of carbonyl (C=O) groups excluding carboxylic acids is 2. The first-order valence-corrected chi connectivity index (χ1v) is 4.79. The molecule has 1 aliphatic heterocycles. The van der Waals surface area contributed by atoms with Crippen molar-refractivity contribution in [3.8, 4) is 0 Å². The Labute approximate surface area is 86.9 Å². The molecule has 0 aromatic carbocycles. The van der Waals surface area contributed by atoms with E-state index in [4.69, 9.17) is 0 Å². The summed E-state index contributed by atoms with van der Waals surface area (Å²) in [6.07, 6.45) is 3.49. The molecule has 2 rings (SSSR count). The molecule has 0 aliphatic carbocycles. The summed E-state index contributed by atoms with van der Waals surface area (Å²) in [6.45, 7) is 3.17.